The SMILES string of the molecule is Cc1ccc(Cl)cc1S(=O)(=O)N1CCCC1C(=O)O. The minimum atomic E-state index is -3.82. The minimum Gasteiger partial charge on any atom is -0.480 e. The molecule has 0 saturated carbocycles. The zero-order valence-electron chi connectivity index (χ0n) is 10.3. The van der Waals surface area contributed by atoms with E-state index >= 15 is 0 Å². The Kier molecular flexibility index (Phi) is 3.85. The normalized spacial score (nSPS) is 20.6. The minimum absolute atomic E-state index is 0.0770. The lowest BCUT2D eigenvalue weighted by Gasteiger charge is -2.22. The summed E-state index contributed by atoms with van der Waals surface area (Å²) in [4.78, 5) is 11.2. The molecule has 0 aromatic heterocycles. The zero-order chi connectivity index (χ0) is 14.2. The third-order valence-corrected chi connectivity index (χ3v) is 5.51. The Bertz CT molecular complexity index is 614. The van der Waals surface area contributed by atoms with Crippen molar-refractivity contribution in [1.82, 2.24) is 4.31 Å². The largest absolute Gasteiger partial charge is 0.480 e. The van der Waals surface area contributed by atoms with E-state index in [9.17, 15) is 13.2 Å². The van der Waals surface area contributed by atoms with Gasteiger partial charge in [-0.2, -0.15) is 4.31 Å². The number of hydrogen-bond donors (Lipinski definition) is 1. The second kappa shape index (κ2) is 5.11. The number of sulfonamides is 1. The van der Waals surface area contributed by atoms with Crippen LogP contribution in [0.1, 0.15) is 18.4 Å². The van der Waals surface area contributed by atoms with Crippen LogP contribution in [0.4, 0.5) is 0 Å². The van der Waals surface area contributed by atoms with Crippen molar-refractivity contribution in [3.63, 3.8) is 0 Å². The number of carbonyl (C=O) groups is 1. The van der Waals surface area contributed by atoms with E-state index in [-0.39, 0.29) is 11.4 Å². The molecule has 1 aromatic rings. The highest BCUT2D eigenvalue weighted by molar-refractivity contribution is 7.89. The predicted octanol–water partition coefficient (Wildman–Crippen LogP) is 1.89. The highest BCUT2D eigenvalue weighted by atomic mass is 35.5. The van der Waals surface area contributed by atoms with Crippen LogP contribution in [0.25, 0.3) is 0 Å². The molecule has 1 aliphatic rings. The maximum Gasteiger partial charge on any atom is 0.322 e. The molecule has 1 saturated heterocycles. The van der Waals surface area contributed by atoms with Gasteiger partial charge in [-0.1, -0.05) is 17.7 Å². The molecule has 1 heterocycles. The summed E-state index contributed by atoms with van der Waals surface area (Å²) in [6.45, 7) is 1.89. The summed E-state index contributed by atoms with van der Waals surface area (Å²) in [6.07, 6.45) is 0.893. The molecule has 1 N–H and O–H groups in total. The van der Waals surface area contributed by atoms with E-state index in [1.54, 1.807) is 19.1 Å². The molecule has 0 aliphatic carbocycles. The number of aryl methyl sites for hydroxylation is 1. The summed E-state index contributed by atoms with van der Waals surface area (Å²) in [6, 6.07) is 3.60. The second-order valence-electron chi connectivity index (χ2n) is 4.52. The van der Waals surface area contributed by atoms with E-state index in [1.165, 1.54) is 6.07 Å². The second-order valence-corrected chi connectivity index (χ2v) is 6.82. The highest BCUT2D eigenvalue weighted by Gasteiger charge is 2.39. The number of nitrogens with zero attached hydrogens (tertiary/aromatic N) is 1. The van der Waals surface area contributed by atoms with Gasteiger partial charge in [-0.15, -0.1) is 0 Å². The Hall–Kier alpha value is -1.11. The van der Waals surface area contributed by atoms with Crippen LogP contribution in [0, 0.1) is 6.92 Å². The number of aliphatic carboxylic acids is 1. The molecule has 2 rings (SSSR count). The van der Waals surface area contributed by atoms with E-state index in [2.05, 4.69) is 0 Å². The monoisotopic (exact) mass is 303 g/mol. The molecule has 0 bridgehead atoms. The molecule has 0 amide bonds. The van der Waals surface area contributed by atoms with Crippen molar-refractivity contribution in [3.05, 3.63) is 28.8 Å². The fourth-order valence-electron chi connectivity index (χ4n) is 2.25. The lowest BCUT2D eigenvalue weighted by atomic mass is 10.2. The first-order chi connectivity index (χ1) is 8.84. The van der Waals surface area contributed by atoms with Gasteiger partial charge >= 0.3 is 5.97 Å². The van der Waals surface area contributed by atoms with Gasteiger partial charge in [0.2, 0.25) is 10.0 Å². The van der Waals surface area contributed by atoms with Crippen molar-refractivity contribution < 1.29 is 18.3 Å². The van der Waals surface area contributed by atoms with Gasteiger partial charge in [0.25, 0.3) is 0 Å². The lowest BCUT2D eigenvalue weighted by Crippen LogP contribution is -2.40. The van der Waals surface area contributed by atoms with E-state index in [1.807, 2.05) is 0 Å². The summed E-state index contributed by atoms with van der Waals surface area (Å²) in [5.74, 6) is -1.11. The van der Waals surface area contributed by atoms with Crippen LogP contribution < -0.4 is 0 Å². The van der Waals surface area contributed by atoms with Gasteiger partial charge in [0.05, 0.1) is 4.90 Å². The summed E-state index contributed by atoms with van der Waals surface area (Å²) < 4.78 is 26.1. The van der Waals surface area contributed by atoms with Crippen LogP contribution >= 0.6 is 11.6 Å². The average Bonchev–Trinajstić information content (AvgIpc) is 2.82. The van der Waals surface area contributed by atoms with Crippen molar-refractivity contribution >= 4 is 27.6 Å². The topological polar surface area (TPSA) is 74.7 Å². The molecule has 0 spiro atoms. The van der Waals surface area contributed by atoms with Crippen LogP contribution in [0.2, 0.25) is 5.02 Å². The summed E-state index contributed by atoms with van der Waals surface area (Å²) in [5.41, 5.74) is 0.556. The smallest absolute Gasteiger partial charge is 0.322 e. The van der Waals surface area contributed by atoms with E-state index in [0.717, 1.165) is 4.31 Å². The third-order valence-electron chi connectivity index (χ3n) is 3.23. The maximum absolute atomic E-state index is 12.5. The zero-order valence-corrected chi connectivity index (χ0v) is 11.9. The van der Waals surface area contributed by atoms with Crippen molar-refractivity contribution in [1.29, 1.82) is 0 Å². The van der Waals surface area contributed by atoms with Gasteiger partial charge < -0.3 is 5.11 Å². The predicted molar refractivity (Wildman–Crippen MR) is 70.7 cm³/mol. The summed E-state index contributed by atoms with van der Waals surface area (Å²) in [7, 11) is -3.82. The first-order valence-electron chi connectivity index (χ1n) is 5.85. The number of hydrogen-bond acceptors (Lipinski definition) is 3. The van der Waals surface area contributed by atoms with Crippen molar-refractivity contribution in [3.8, 4) is 0 Å². The lowest BCUT2D eigenvalue weighted by molar-refractivity contribution is -0.140. The molecule has 1 aliphatic heterocycles. The summed E-state index contributed by atoms with van der Waals surface area (Å²) in [5, 5.41) is 9.40. The van der Waals surface area contributed by atoms with Crippen molar-refractivity contribution in [2.24, 2.45) is 0 Å². The van der Waals surface area contributed by atoms with Gasteiger partial charge in [-0.05, 0) is 37.5 Å². The molecule has 1 unspecified atom stereocenters. The number of rotatable bonds is 3. The number of carboxylic acids is 1. The van der Waals surface area contributed by atoms with Crippen LogP contribution in [0.3, 0.4) is 0 Å². The molecule has 5 nitrogen and oxygen atoms in total. The average molecular weight is 304 g/mol. The van der Waals surface area contributed by atoms with Gasteiger partial charge in [0.15, 0.2) is 0 Å². The Morgan fingerprint density at radius 2 is 2.16 bits per heavy atom. The molecule has 1 fully saturated rings. The highest BCUT2D eigenvalue weighted by Crippen LogP contribution is 2.29. The Balaban J connectivity index is 2.48. The van der Waals surface area contributed by atoms with Crippen molar-refractivity contribution in [2.45, 2.75) is 30.7 Å². The van der Waals surface area contributed by atoms with Crippen LogP contribution in [-0.4, -0.2) is 36.4 Å². The van der Waals surface area contributed by atoms with Gasteiger partial charge in [-0.25, -0.2) is 8.42 Å². The van der Waals surface area contributed by atoms with E-state index in [0.29, 0.717) is 23.4 Å². The Morgan fingerprint density at radius 3 is 2.79 bits per heavy atom. The standard InChI is InChI=1S/C12H14ClNO4S/c1-8-4-5-9(13)7-11(8)19(17,18)14-6-2-3-10(14)12(15)16/h4-5,7,10H,2-3,6H2,1H3,(H,15,16). The summed E-state index contributed by atoms with van der Waals surface area (Å²) >= 11 is 5.83. The van der Waals surface area contributed by atoms with E-state index in [4.69, 9.17) is 16.7 Å². The third kappa shape index (κ3) is 2.61. The van der Waals surface area contributed by atoms with Gasteiger partial charge in [-0.3, -0.25) is 4.79 Å². The number of benzene rings is 1. The molecular weight excluding hydrogens is 290 g/mol. The fourth-order valence-corrected chi connectivity index (χ4v) is 4.39. The fraction of sp³-hybridized carbons (Fsp3) is 0.417. The molecule has 1 atom stereocenters. The number of carboxylic acid groups (broad SMARTS) is 1. The van der Waals surface area contributed by atoms with Gasteiger partial charge in [0.1, 0.15) is 6.04 Å². The van der Waals surface area contributed by atoms with Crippen molar-refractivity contribution in [2.75, 3.05) is 6.54 Å². The Morgan fingerprint density at radius 1 is 1.47 bits per heavy atom. The maximum atomic E-state index is 12.5. The Labute approximate surface area is 116 Å². The number of halogens is 1. The van der Waals surface area contributed by atoms with Crippen LogP contribution in [0.15, 0.2) is 23.1 Å². The van der Waals surface area contributed by atoms with Crippen LogP contribution in [-0.2, 0) is 14.8 Å². The van der Waals surface area contributed by atoms with Crippen LogP contribution in [0.5, 0.6) is 0 Å². The van der Waals surface area contributed by atoms with Gasteiger partial charge in [0, 0.05) is 11.6 Å². The van der Waals surface area contributed by atoms with E-state index < -0.39 is 22.0 Å². The molecule has 0 radical (unpaired) electrons. The molecular formula is C12H14ClNO4S. The molecule has 104 valence electrons. The quantitative estimate of drug-likeness (QED) is 0.925. The first kappa shape index (κ1) is 14.3. The molecule has 1 aromatic carbocycles. The molecule has 7 heteroatoms. The molecule has 19 heavy (non-hydrogen) atoms. The first-order valence-corrected chi connectivity index (χ1v) is 7.66.